The summed E-state index contributed by atoms with van der Waals surface area (Å²) in [7, 11) is 0. The lowest BCUT2D eigenvalue weighted by molar-refractivity contribution is -0.384. The van der Waals surface area contributed by atoms with Gasteiger partial charge in [-0.3, -0.25) is 10.1 Å². The van der Waals surface area contributed by atoms with E-state index >= 15 is 0 Å². The van der Waals surface area contributed by atoms with E-state index in [2.05, 4.69) is 4.98 Å². The summed E-state index contributed by atoms with van der Waals surface area (Å²) in [6.07, 6.45) is 3.79. The highest BCUT2D eigenvalue weighted by molar-refractivity contribution is 7.19. The Balaban J connectivity index is 1.55. The zero-order chi connectivity index (χ0) is 17.2. The minimum atomic E-state index is -0.419. The highest BCUT2D eigenvalue weighted by atomic mass is 32.1. The van der Waals surface area contributed by atoms with Gasteiger partial charge in [0.05, 0.1) is 15.1 Å². The van der Waals surface area contributed by atoms with Crippen LogP contribution in [0.4, 0.5) is 5.69 Å². The summed E-state index contributed by atoms with van der Waals surface area (Å²) in [5, 5.41) is 11.6. The zero-order valence-corrected chi connectivity index (χ0v) is 13.8. The zero-order valence-electron chi connectivity index (χ0n) is 13.0. The third-order valence-electron chi connectivity index (χ3n) is 3.69. The largest absolute Gasteiger partial charge is 0.457 e. The number of furan rings is 1. The Hall–Kier alpha value is -3.25. The molecule has 0 aliphatic carbocycles. The van der Waals surface area contributed by atoms with E-state index in [1.807, 2.05) is 48.6 Å². The molecule has 0 saturated heterocycles. The van der Waals surface area contributed by atoms with Crippen LogP contribution in [-0.4, -0.2) is 9.91 Å². The van der Waals surface area contributed by atoms with Crippen LogP contribution < -0.4 is 0 Å². The molecule has 5 nitrogen and oxygen atoms in total. The van der Waals surface area contributed by atoms with Crippen LogP contribution >= 0.6 is 11.3 Å². The molecule has 25 heavy (non-hydrogen) atoms. The summed E-state index contributed by atoms with van der Waals surface area (Å²) in [6.45, 7) is 0. The lowest BCUT2D eigenvalue weighted by Gasteiger charge is -1.96. The average Bonchev–Trinajstić information content (AvgIpc) is 3.26. The summed E-state index contributed by atoms with van der Waals surface area (Å²) in [5.74, 6) is 1.37. The summed E-state index contributed by atoms with van der Waals surface area (Å²) in [4.78, 5) is 14.8. The quantitative estimate of drug-likeness (QED) is 0.354. The first-order chi connectivity index (χ1) is 12.2. The minimum absolute atomic E-state index is 0.0614. The maximum absolute atomic E-state index is 10.7. The number of thiazole rings is 1. The van der Waals surface area contributed by atoms with Gasteiger partial charge in [0.15, 0.2) is 0 Å². The maximum atomic E-state index is 10.7. The summed E-state index contributed by atoms with van der Waals surface area (Å²) >= 11 is 1.62. The summed E-state index contributed by atoms with van der Waals surface area (Å²) in [6, 6.07) is 18.0. The Bertz CT molecular complexity index is 1040. The number of para-hydroxylation sites is 1. The van der Waals surface area contributed by atoms with Gasteiger partial charge in [-0.05, 0) is 48.6 Å². The molecule has 2 heterocycles. The number of aromatic nitrogens is 1. The van der Waals surface area contributed by atoms with Crippen molar-refractivity contribution in [2.45, 2.75) is 0 Å². The van der Waals surface area contributed by atoms with Gasteiger partial charge < -0.3 is 4.42 Å². The minimum Gasteiger partial charge on any atom is -0.457 e. The van der Waals surface area contributed by atoms with Crippen LogP contribution in [0.15, 0.2) is 65.1 Å². The molecular weight excluding hydrogens is 336 g/mol. The van der Waals surface area contributed by atoms with Crippen molar-refractivity contribution in [3.63, 3.8) is 0 Å². The average molecular weight is 348 g/mol. The predicted molar refractivity (Wildman–Crippen MR) is 99.3 cm³/mol. The van der Waals surface area contributed by atoms with Gasteiger partial charge in [-0.2, -0.15) is 0 Å². The molecule has 0 saturated carbocycles. The van der Waals surface area contributed by atoms with Crippen LogP contribution in [0.1, 0.15) is 10.8 Å². The van der Waals surface area contributed by atoms with Crippen molar-refractivity contribution in [3.05, 3.63) is 81.5 Å². The molecule has 0 unspecified atom stereocenters. The van der Waals surface area contributed by atoms with E-state index in [0.29, 0.717) is 11.5 Å². The molecule has 2 aromatic carbocycles. The van der Waals surface area contributed by atoms with Gasteiger partial charge in [0.2, 0.25) is 0 Å². The second-order valence-electron chi connectivity index (χ2n) is 5.36. The van der Waals surface area contributed by atoms with Crippen molar-refractivity contribution in [1.29, 1.82) is 0 Å². The van der Waals surface area contributed by atoms with E-state index in [-0.39, 0.29) is 5.69 Å². The van der Waals surface area contributed by atoms with Gasteiger partial charge in [0, 0.05) is 17.7 Å². The number of nitro groups is 1. The Morgan fingerprint density at radius 3 is 2.56 bits per heavy atom. The normalized spacial score (nSPS) is 11.4. The standard InChI is InChI=1S/C19H12N2O3S/c22-21(23)14-7-5-13(6-8-14)17-11-9-15(24-17)10-12-19-20-16-3-1-2-4-18(16)25-19/h1-12H/b12-10+. The molecule has 0 spiro atoms. The Morgan fingerprint density at radius 1 is 1.00 bits per heavy atom. The van der Waals surface area contributed by atoms with E-state index in [1.165, 1.54) is 12.1 Å². The molecular formula is C19H12N2O3S. The van der Waals surface area contributed by atoms with Crippen LogP contribution in [-0.2, 0) is 0 Å². The van der Waals surface area contributed by atoms with E-state index in [0.717, 1.165) is 20.8 Å². The molecule has 0 aliphatic rings. The van der Waals surface area contributed by atoms with Gasteiger partial charge in [0.1, 0.15) is 16.5 Å². The fourth-order valence-corrected chi connectivity index (χ4v) is 3.33. The molecule has 122 valence electrons. The number of non-ortho nitro benzene ring substituents is 1. The second-order valence-corrected chi connectivity index (χ2v) is 6.42. The molecule has 0 bridgehead atoms. The van der Waals surface area contributed by atoms with Gasteiger partial charge in [-0.25, -0.2) is 4.98 Å². The van der Waals surface area contributed by atoms with Crippen LogP contribution in [0.3, 0.4) is 0 Å². The fourth-order valence-electron chi connectivity index (χ4n) is 2.46. The Morgan fingerprint density at radius 2 is 1.80 bits per heavy atom. The van der Waals surface area contributed by atoms with Crippen molar-refractivity contribution in [1.82, 2.24) is 4.98 Å². The molecule has 6 heteroatoms. The molecule has 0 atom stereocenters. The molecule has 0 N–H and O–H groups in total. The third-order valence-corrected chi connectivity index (χ3v) is 4.69. The summed E-state index contributed by atoms with van der Waals surface area (Å²) < 4.78 is 6.93. The number of nitro benzene ring substituents is 1. The number of rotatable bonds is 4. The van der Waals surface area contributed by atoms with E-state index < -0.39 is 4.92 Å². The van der Waals surface area contributed by atoms with Gasteiger partial charge in [0.25, 0.3) is 5.69 Å². The highest BCUT2D eigenvalue weighted by Crippen LogP contribution is 2.26. The maximum Gasteiger partial charge on any atom is 0.269 e. The molecule has 4 aromatic rings. The van der Waals surface area contributed by atoms with Crippen LogP contribution in [0.5, 0.6) is 0 Å². The first kappa shape index (κ1) is 15.3. The lowest BCUT2D eigenvalue weighted by Crippen LogP contribution is -1.86. The smallest absolute Gasteiger partial charge is 0.269 e. The van der Waals surface area contributed by atoms with E-state index in [9.17, 15) is 10.1 Å². The highest BCUT2D eigenvalue weighted by Gasteiger charge is 2.08. The number of nitrogens with zero attached hydrogens (tertiary/aromatic N) is 2. The molecule has 0 fully saturated rings. The van der Waals surface area contributed by atoms with Crippen molar-refractivity contribution < 1.29 is 9.34 Å². The van der Waals surface area contributed by atoms with Gasteiger partial charge in [-0.1, -0.05) is 12.1 Å². The topological polar surface area (TPSA) is 69.2 Å². The molecule has 0 radical (unpaired) electrons. The first-order valence-electron chi connectivity index (χ1n) is 7.57. The molecule has 0 aliphatic heterocycles. The Kier molecular flexibility index (Phi) is 3.87. The van der Waals surface area contributed by atoms with Crippen molar-refractivity contribution in [2.24, 2.45) is 0 Å². The monoisotopic (exact) mass is 348 g/mol. The molecule has 4 rings (SSSR count). The SMILES string of the molecule is O=[N+]([O-])c1ccc(-c2ccc(/C=C/c3nc4ccccc4s3)o2)cc1. The van der Waals surface area contributed by atoms with E-state index in [1.54, 1.807) is 23.5 Å². The van der Waals surface area contributed by atoms with Crippen molar-refractivity contribution in [3.8, 4) is 11.3 Å². The Labute approximate surface area is 147 Å². The predicted octanol–water partition coefficient (Wildman–Crippen LogP) is 5.63. The second kappa shape index (κ2) is 6.33. The van der Waals surface area contributed by atoms with Crippen LogP contribution in [0.2, 0.25) is 0 Å². The lowest BCUT2D eigenvalue weighted by atomic mass is 10.1. The van der Waals surface area contributed by atoms with Crippen molar-refractivity contribution >= 4 is 39.4 Å². The fraction of sp³-hybridized carbons (Fsp3) is 0. The van der Waals surface area contributed by atoms with E-state index in [4.69, 9.17) is 4.42 Å². The van der Waals surface area contributed by atoms with Gasteiger partial charge in [-0.15, -0.1) is 11.3 Å². The summed E-state index contributed by atoms with van der Waals surface area (Å²) in [5.41, 5.74) is 1.84. The molecule has 2 aromatic heterocycles. The number of benzene rings is 2. The first-order valence-corrected chi connectivity index (χ1v) is 8.39. The number of fused-ring (bicyclic) bond motifs is 1. The van der Waals surface area contributed by atoms with Gasteiger partial charge >= 0.3 is 0 Å². The van der Waals surface area contributed by atoms with Crippen molar-refractivity contribution in [2.75, 3.05) is 0 Å². The van der Waals surface area contributed by atoms with Crippen LogP contribution in [0, 0.1) is 10.1 Å². The number of hydrogen-bond donors (Lipinski definition) is 0. The number of hydrogen-bond acceptors (Lipinski definition) is 5. The van der Waals surface area contributed by atoms with Crippen LogP contribution in [0.25, 0.3) is 33.7 Å². The third kappa shape index (κ3) is 3.20. The molecule has 0 amide bonds.